The van der Waals surface area contributed by atoms with Crippen molar-refractivity contribution >= 4 is 18.0 Å². The van der Waals surface area contributed by atoms with Crippen molar-refractivity contribution in [3.63, 3.8) is 0 Å². The summed E-state index contributed by atoms with van der Waals surface area (Å²) in [6.07, 6.45) is -2.33. The topological polar surface area (TPSA) is 86.2 Å². The van der Waals surface area contributed by atoms with Gasteiger partial charge in [0.1, 0.15) is 0 Å². The Morgan fingerprint density at radius 1 is 1.29 bits per heavy atom. The molecule has 0 atom stereocenters. The van der Waals surface area contributed by atoms with Crippen LogP contribution in [0.25, 0.3) is 0 Å². The normalized spacial score (nSPS) is 4.29. The molecule has 0 radical (unpaired) electrons. The van der Waals surface area contributed by atoms with Crippen LogP contribution >= 0.6 is 11.9 Å². The molecule has 0 amide bonds. The summed E-state index contributed by atoms with van der Waals surface area (Å²) in [4.78, 5) is 8.33. The second-order valence-corrected chi connectivity index (χ2v) is 0.250. The Morgan fingerprint density at radius 3 is 1.29 bits per heavy atom. The summed E-state index contributed by atoms with van der Waals surface area (Å²) in [5.41, 5.74) is 0. The molecule has 0 aromatic carbocycles. The van der Waals surface area contributed by atoms with Crippen LogP contribution in [0.15, 0.2) is 0 Å². The molecular weight excluding hydrogens is 134 g/mol. The van der Waals surface area contributed by atoms with Crippen LogP contribution in [0.2, 0.25) is 0 Å². The van der Waals surface area contributed by atoms with E-state index in [4.69, 9.17) is 19.7 Å². The van der Waals surface area contributed by atoms with Crippen LogP contribution in [0.4, 0.5) is 4.79 Å². The van der Waals surface area contributed by atoms with Gasteiger partial charge in [-0.1, -0.05) is 0 Å². The number of carbonyl (C=O) groups is 1. The van der Waals surface area contributed by atoms with Crippen LogP contribution in [0, 0.1) is 0 Å². The van der Waals surface area contributed by atoms with Gasteiger partial charge in [0.2, 0.25) is 0 Å². The second-order valence-electron chi connectivity index (χ2n) is 0.250. The third-order valence-electron chi connectivity index (χ3n) is 0. The first-order valence-electron chi connectivity index (χ1n) is 0.767. The Bertz CT molecular complexity index is 34.7. The molecule has 0 rings (SSSR count). The average molecular weight is 134 g/mol. The molecule has 4 nitrogen and oxygen atoms in total. The number of hydrogen-bond acceptors (Lipinski definition) is 4. The molecule has 0 aliphatic heterocycles. The average Bonchev–Trinajstić information content (AvgIpc) is 1.41. The van der Waals surface area contributed by atoms with Crippen LogP contribution in [0.3, 0.4) is 0 Å². The van der Waals surface area contributed by atoms with Crippen molar-refractivity contribution in [2.45, 2.75) is 0 Å². The van der Waals surface area contributed by atoms with Crippen molar-refractivity contribution in [1.82, 2.24) is 0 Å². The molecule has 0 aromatic heterocycles. The summed E-state index contributed by atoms with van der Waals surface area (Å²) in [6, 6.07) is 0. The molecule has 38 valence electrons. The second kappa shape index (κ2) is 16.0. The van der Waals surface area contributed by atoms with Gasteiger partial charge in [-0.2, -0.15) is 0 Å². The first kappa shape index (κ1) is 15.6. The van der Waals surface area contributed by atoms with Crippen molar-refractivity contribution in [3.05, 3.63) is 0 Å². The predicted molar refractivity (Wildman–Crippen MR) is 11.2 cm³/mol. The fraction of sp³-hybridized carbons (Fsp3) is 0. The van der Waals surface area contributed by atoms with E-state index in [0.717, 1.165) is 0 Å². The summed E-state index contributed by atoms with van der Waals surface area (Å²) in [5, 5.41) is 16.7. The largest absolute Gasteiger partial charge is 1.00 e. The maximum Gasteiger partial charge on any atom is 1.00 e. The Balaban J connectivity index is -0.0000000480. The third-order valence-corrected chi connectivity index (χ3v) is 0. The Morgan fingerprint density at radius 2 is 1.29 bits per heavy atom. The molecular formula is CClNaO4-2. The molecule has 0 bridgehead atoms. The van der Waals surface area contributed by atoms with Crippen LogP contribution in [0.1, 0.15) is 0 Å². The quantitative estimate of drug-likeness (QED) is 0.309. The van der Waals surface area contributed by atoms with Gasteiger partial charge < -0.3 is 19.7 Å². The van der Waals surface area contributed by atoms with Crippen LogP contribution < -0.4 is 44.4 Å². The SMILES string of the molecule is O=C([O-])[O-].[Na+].[O-]Cl. The molecule has 0 aliphatic rings. The summed E-state index contributed by atoms with van der Waals surface area (Å²) < 4.78 is 7.72. The number of hydrogen-bond donors (Lipinski definition) is 0. The molecule has 7 heavy (non-hydrogen) atoms. The zero-order valence-corrected chi connectivity index (χ0v) is 6.27. The third kappa shape index (κ3) is 493. The maximum absolute atomic E-state index is 8.33. The van der Waals surface area contributed by atoms with E-state index in [1.165, 1.54) is 0 Å². The van der Waals surface area contributed by atoms with Gasteiger partial charge in [0, 0.05) is 0 Å². The van der Waals surface area contributed by atoms with Gasteiger partial charge in [-0.05, 0) is 6.16 Å². The van der Waals surface area contributed by atoms with Crippen molar-refractivity contribution in [1.29, 1.82) is 0 Å². The minimum Gasteiger partial charge on any atom is -0.769 e. The summed E-state index contributed by atoms with van der Waals surface area (Å²) in [6.45, 7) is 0. The van der Waals surface area contributed by atoms with E-state index in [-0.39, 0.29) is 29.6 Å². The fourth-order valence-electron chi connectivity index (χ4n) is 0. The van der Waals surface area contributed by atoms with Crippen molar-refractivity contribution in [2.24, 2.45) is 0 Å². The van der Waals surface area contributed by atoms with Gasteiger partial charge in [0.05, 0.1) is 0 Å². The van der Waals surface area contributed by atoms with Crippen LogP contribution in [-0.2, 0) is 0 Å². The van der Waals surface area contributed by atoms with Crippen molar-refractivity contribution in [3.8, 4) is 0 Å². The molecule has 0 saturated carbocycles. The van der Waals surface area contributed by atoms with Crippen molar-refractivity contribution < 1.29 is 49.2 Å². The Hall–Kier alpha value is 0.520. The zero-order valence-electron chi connectivity index (χ0n) is 3.51. The van der Waals surface area contributed by atoms with E-state index in [0.29, 0.717) is 0 Å². The monoisotopic (exact) mass is 134 g/mol. The van der Waals surface area contributed by atoms with E-state index < -0.39 is 6.16 Å². The number of carboxylic acid groups (broad SMARTS) is 2. The van der Waals surface area contributed by atoms with E-state index in [2.05, 4.69) is 11.9 Å². The predicted octanol–water partition coefficient (Wildman–Crippen LogP) is -5.94. The molecule has 0 unspecified atom stereocenters. The molecule has 0 aromatic rings. The Kier molecular flexibility index (Phi) is 35.8. The minimum absolute atomic E-state index is 0. The summed E-state index contributed by atoms with van der Waals surface area (Å²) in [7, 11) is 0. The van der Waals surface area contributed by atoms with E-state index in [9.17, 15) is 0 Å². The molecule has 0 heterocycles. The van der Waals surface area contributed by atoms with Crippen molar-refractivity contribution in [2.75, 3.05) is 0 Å². The van der Waals surface area contributed by atoms with Gasteiger partial charge in [-0.3, -0.25) is 0 Å². The molecule has 0 N–H and O–H groups in total. The zero-order chi connectivity index (χ0) is 5.58. The minimum atomic E-state index is -2.33. The van der Waals surface area contributed by atoms with Gasteiger partial charge in [0.15, 0.2) is 0 Å². The van der Waals surface area contributed by atoms with Crippen LogP contribution in [0.5, 0.6) is 0 Å². The Labute approximate surface area is 67.2 Å². The van der Waals surface area contributed by atoms with Gasteiger partial charge in [-0.15, -0.1) is 0 Å². The number of carbonyl (C=O) groups excluding carboxylic acids is 1. The molecule has 0 fully saturated rings. The van der Waals surface area contributed by atoms with Crippen LogP contribution in [-0.4, -0.2) is 6.16 Å². The fourth-order valence-corrected chi connectivity index (χ4v) is 0. The van der Waals surface area contributed by atoms with Gasteiger partial charge in [0.25, 0.3) is 0 Å². The summed E-state index contributed by atoms with van der Waals surface area (Å²) >= 11 is 3.39. The number of rotatable bonds is 0. The first-order chi connectivity index (χ1) is 2.73. The van der Waals surface area contributed by atoms with E-state index >= 15 is 0 Å². The molecule has 0 spiro atoms. The smallest absolute Gasteiger partial charge is 0.769 e. The first-order valence-corrected chi connectivity index (χ1v) is 1.08. The van der Waals surface area contributed by atoms with E-state index in [1.807, 2.05) is 0 Å². The number of halogens is 1. The maximum atomic E-state index is 8.33. The molecule has 0 saturated heterocycles. The summed E-state index contributed by atoms with van der Waals surface area (Å²) in [5.74, 6) is 0. The van der Waals surface area contributed by atoms with Gasteiger partial charge in [-0.25, -0.2) is 11.9 Å². The van der Waals surface area contributed by atoms with Gasteiger partial charge >= 0.3 is 29.6 Å². The van der Waals surface area contributed by atoms with E-state index in [1.54, 1.807) is 0 Å². The standard InChI is InChI=1S/CH2O3.ClO.Na/c2-1(3)4;1-2;/h(H2,2,3,4);;/q;-1;+1/p-2. The molecule has 0 aliphatic carbocycles. The molecule has 6 heteroatoms.